The highest BCUT2D eigenvalue weighted by molar-refractivity contribution is 6.31. The predicted octanol–water partition coefficient (Wildman–Crippen LogP) is 0.881. The van der Waals surface area contributed by atoms with Crippen LogP contribution < -0.4 is 5.73 Å². The minimum atomic E-state index is -1.09. The zero-order valence-corrected chi connectivity index (χ0v) is 7.75. The van der Waals surface area contributed by atoms with Crippen molar-refractivity contribution in [2.45, 2.75) is 13.0 Å². The number of Topliss-reactive ketones (excluding diaryl/α,β-unsaturated/α-hetero) is 1. The quantitative estimate of drug-likeness (QED) is 0.695. The van der Waals surface area contributed by atoms with E-state index in [0.717, 1.165) is 0 Å². The summed E-state index contributed by atoms with van der Waals surface area (Å²) in [5.41, 5.74) is 5.58. The van der Waals surface area contributed by atoms with Gasteiger partial charge in [0.05, 0.1) is 10.6 Å². The van der Waals surface area contributed by atoms with Gasteiger partial charge in [-0.2, -0.15) is 0 Å². The Hall–Kier alpha value is -1.13. The SMILES string of the molecule is CC(O)C(=O)c1cc(Cl)cnc1N. The molecule has 0 aliphatic heterocycles. The number of hydrogen-bond donors (Lipinski definition) is 2. The molecule has 1 atom stereocenters. The number of aliphatic hydroxyl groups is 1. The molecule has 1 unspecified atom stereocenters. The number of carbonyl (C=O) groups excluding carboxylic acids is 1. The largest absolute Gasteiger partial charge is 0.385 e. The van der Waals surface area contributed by atoms with Crippen LogP contribution in [-0.2, 0) is 0 Å². The van der Waals surface area contributed by atoms with Crippen LogP contribution >= 0.6 is 11.6 Å². The molecule has 0 fully saturated rings. The normalized spacial score (nSPS) is 12.5. The molecule has 3 N–H and O–H groups in total. The summed E-state index contributed by atoms with van der Waals surface area (Å²) in [5, 5.41) is 9.33. The molecule has 13 heavy (non-hydrogen) atoms. The average molecular weight is 201 g/mol. The molecule has 0 aliphatic carbocycles. The number of aromatic nitrogens is 1. The zero-order chi connectivity index (χ0) is 10.0. The van der Waals surface area contributed by atoms with Gasteiger partial charge in [-0.25, -0.2) is 4.98 Å². The lowest BCUT2D eigenvalue weighted by Gasteiger charge is -2.05. The molecule has 0 radical (unpaired) electrons. The van der Waals surface area contributed by atoms with Crippen LogP contribution in [-0.4, -0.2) is 22.0 Å². The Balaban J connectivity index is 3.13. The molecule has 0 amide bonds. The van der Waals surface area contributed by atoms with Crippen LogP contribution in [0.2, 0.25) is 5.02 Å². The van der Waals surface area contributed by atoms with Crippen molar-refractivity contribution in [2.75, 3.05) is 5.73 Å². The molecule has 1 aromatic heterocycles. The number of aliphatic hydroxyl groups excluding tert-OH is 1. The van der Waals surface area contributed by atoms with Crippen LogP contribution in [0.15, 0.2) is 12.3 Å². The smallest absolute Gasteiger partial charge is 0.194 e. The summed E-state index contributed by atoms with van der Waals surface area (Å²) in [6.45, 7) is 1.36. The maximum absolute atomic E-state index is 11.3. The third-order valence-electron chi connectivity index (χ3n) is 1.53. The second-order valence-electron chi connectivity index (χ2n) is 2.63. The Kier molecular flexibility index (Phi) is 2.85. The molecule has 5 heteroatoms. The summed E-state index contributed by atoms with van der Waals surface area (Å²) in [7, 11) is 0. The number of carbonyl (C=O) groups is 1. The Morgan fingerprint density at radius 2 is 2.38 bits per heavy atom. The van der Waals surface area contributed by atoms with Crippen molar-refractivity contribution in [1.82, 2.24) is 4.98 Å². The topological polar surface area (TPSA) is 76.2 Å². The highest BCUT2D eigenvalue weighted by Gasteiger charge is 2.15. The second kappa shape index (κ2) is 3.72. The van der Waals surface area contributed by atoms with Gasteiger partial charge < -0.3 is 10.8 Å². The molecule has 1 aromatic rings. The number of rotatable bonds is 2. The van der Waals surface area contributed by atoms with Gasteiger partial charge in [0.25, 0.3) is 0 Å². The number of nitrogen functional groups attached to an aromatic ring is 1. The monoisotopic (exact) mass is 200 g/mol. The lowest BCUT2D eigenvalue weighted by Crippen LogP contribution is -2.18. The third-order valence-corrected chi connectivity index (χ3v) is 1.74. The van der Waals surface area contributed by atoms with Crippen molar-refractivity contribution >= 4 is 23.2 Å². The van der Waals surface area contributed by atoms with Crippen molar-refractivity contribution < 1.29 is 9.90 Å². The molecule has 1 heterocycles. The van der Waals surface area contributed by atoms with Crippen molar-refractivity contribution in [2.24, 2.45) is 0 Å². The van der Waals surface area contributed by atoms with Gasteiger partial charge in [-0.3, -0.25) is 4.79 Å². The van der Waals surface area contributed by atoms with E-state index >= 15 is 0 Å². The highest BCUT2D eigenvalue weighted by atomic mass is 35.5. The van der Waals surface area contributed by atoms with E-state index in [1.807, 2.05) is 0 Å². The molecule has 0 aliphatic rings. The van der Waals surface area contributed by atoms with Crippen LogP contribution in [0.25, 0.3) is 0 Å². The fourth-order valence-electron chi connectivity index (χ4n) is 0.872. The van der Waals surface area contributed by atoms with E-state index in [0.29, 0.717) is 5.02 Å². The van der Waals surface area contributed by atoms with Crippen molar-refractivity contribution in [3.63, 3.8) is 0 Å². The van der Waals surface area contributed by atoms with Crippen LogP contribution in [0.3, 0.4) is 0 Å². The van der Waals surface area contributed by atoms with Gasteiger partial charge >= 0.3 is 0 Å². The second-order valence-corrected chi connectivity index (χ2v) is 3.06. The van der Waals surface area contributed by atoms with E-state index in [2.05, 4.69) is 4.98 Å². The molecule has 70 valence electrons. The molecule has 0 spiro atoms. The molecule has 0 bridgehead atoms. The van der Waals surface area contributed by atoms with E-state index in [4.69, 9.17) is 22.4 Å². The van der Waals surface area contributed by atoms with Crippen LogP contribution in [0.4, 0.5) is 5.82 Å². The molecule has 0 saturated carbocycles. The first-order chi connectivity index (χ1) is 6.02. The van der Waals surface area contributed by atoms with Crippen molar-refractivity contribution in [1.29, 1.82) is 0 Å². The minimum absolute atomic E-state index is 0.0790. The van der Waals surface area contributed by atoms with E-state index in [9.17, 15) is 4.79 Å². The Labute approximate surface area is 80.3 Å². The van der Waals surface area contributed by atoms with Crippen LogP contribution in [0, 0.1) is 0 Å². The molecule has 1 rings (SSSR count). The maximum atomic E-state index is 11.3. The van der Waals surface area contributed by atoms with Gasteiger partial charge in [-0.15, -0.1) is 0 Å². The van der Waals surface area contributed by atoms with Gasteiger partial charge in [0.2, 0.25) is 0 Å². The zero-order valence-electron chi connectivity index (χ0n) is 6.99. The maximum Gasteiger partial charge on any atom is 0.194 e. The van der Waals surface area contributed by atoms with E-state index in [-0.39, 0.29) is 11.4 Å². The number of halogens is 1. The number of nitrogens with two attached hydrogens (primary N) is 1. The Morgan fingerprint density at radius 1 is 1.77 bits per heavy atom. The lowest BCUT2D eigenvalue weighted by molar-refractivity contribution is 0.0780. The predicted molar refractivity (Wildman–Crippen MR) is 49.7 cm³/mol. The number of ketones is 1. The van der Waals surface area contributed by atoms with E-state index in [1.54, 1.807) is 0 Å². The summed E-state index contributed by atoms with van der Waals surface area (Å²) in [6.07, 6.45) is 0.248. The minimum Gasteiger partial charge on any atom is -0.385 e. The highest BCUT2D eigenvalue weighted by Crippen LogP contribution is 2.16. The van der Waals surface area contributed by atoms with Crippen molar-refractivity contribution in [3.05, 3.63) is 22.8 Å². The number of anilines is 1. The molecule has 0 saturated heterocycles. The summed E-state index contributed by atoms with van der Waals surface area (Å²) >= 11 is 5.61. The van der Waals surface area contributed by atoms with Crippen molar-refractivity contribution in [3.8, 4) is 0 Å². The van der Waals surface area contributed by atoms with Gasteiger partial charge in [-0.05, 0) is 13.0 Å². The summed E-state index contributed by atoms with van der Waals surface area (Å²) in [5.74, 6) is -0.400. The first-order valence-corrected chi connectivity index (χ1v) is 4.03. The first-order valence-electron chi connectivity index (χ1n) is 3.65. The summed E-state index contributed by atoms with van der Waals surface area (Å²) in [6, 6.07) is 1.39. The number of pyridine rings is 1. The van der Waals surface area contributed by atoms with Crippen LogP contribution in [0.5, 0.6) is 0 Å². The number of nitrogens with zero attached hydrogens (tertiary/aromatic N) is 1. The van der Waals surface area contributed by atoms with Gasteiger partial charge in [-0.1, -0.05) is 11.6 Å². The fraction of sp³-hybridized carbons (Fsp3) is 0.250. The average Bonchev–Trinajstić information content (AvgIpc) is 2.08. The molecule has 0 aromatic carbocycles. The number of hydrogen-bond acceptors (Lipinski definition) is 4. The van der Waals surface area contributed by atoms with E-state index < -0.39 is 11.9 Å². The summed E-state index contributed by atoms with van der Waals surface area (Å²) in [4.78, 5) is 15.0. The molecule has 4 nitrogen and oxygen atoms in total. The van der Waals surface area contributed by atoms with Gasteiger partial charge in [0.15, 0.2) is 5.78 Å². The summed E-state index contributed by atoms with van der Waals surface area (Å²) < 4.78 is 0. The fourth-order valence-corrected chi connectivity index (χ4v) is 1.03. The molecular weight excluding hydrogens is 192 g/mol. The standard InChI is InChI=1S/C8H9ClN2O2/c1-4(12)7(13)6-2-5(9)3-11-8(6)10/h2-4,12H,1H3,(H2,10,11). The third kappa shape index (κ3) is 2.17. The van der Waals surface area contributed by atoms with Crippen LogP contribution in [0.1, 0.15) is 17.3 Å². The Bertz CT molecular complexity index is 339. The van der Waals surface area contributed by atoms with Gasteiger partial charge in [0, 0.05) is 6.20 Å². The lowest BCUT2D eigenvalue weighted by atomic mass is 10.1. The van der Waals surface area contributed by atoms with E-state index in [1.165, 1.54) is 19.2 Å². The molecular formula is C8H9ClN2O2. The first kappa shape index (κ1) is 9.95. The Morgan fingerprint density at radius 3 is 2.92 bits per heavy atom. The van der Waals surface area contributed by atoms with Gasteiger partial charge in [0.1, 0.15) is 11.9 Å².